The molecule has 0 bridgehead atoms. The van der Waals surface area contributed by atoms with E-state index in [1.165, 1.54) is 11.3 Å². The van der Waals surface area contributed by atoms with Gasteiger partial charge >= 0.3 is 5.97 Å². The molecule has 0 saturated heterocycles. The second-order valence-corrected chi connectivity index (χ2v) is 5.43. The van der Waals surface area contributed by atoms with Crippen molar-refractivity contribution in [3.63, 3.8) is 0 Å². The van der Waals surface area contributed by atoms with Gasteiger partial charge in [0.1, 0.15) is 5.01 Å². The van der Waals surface area contributed by atoms with Crippen LogP contribution in [-0.4, -0.2) is 27.2 Å². The molecule has 18 heavy (non-hydrogen) atoms. The van der Waals surface area contributed by atoms with Crippen LogP contribution in [0.4, 0.5) is 5.13 Å². The molecular formula is C11H15N3O3S. The van der Waals surface area contributed by atoms with Crippen LogP contribution in [0.5, 0.6) is 0 Å². The highest BCUT2D eigenvalue weighted by Crippen LogP contribution is 2.35. The zero-order valence-electron chi connectivity index (χ0n) is 10.0. The van der Waals surface area contributed by atoms with Crippen LogP contribution >= 0.6 is 11.3 Å². The molecule has 7 heteroatoms. The average Bonchev–Trinajstić information content (AvgIpc) is 2.63. The molecule has 1 aliphatic rings. The van der Waals surface area contributed by atoms with Gasteiger partial charge in [-0.3, -0.25) is 9.59 Å². The predicted molar refractivity (Wildman–Crippen MR) is 66.4 cm³/mol. The molecule has 6 nitrogen and oxygen atoms in total. The Morgan fingerprint density at radius 1 is 1.39 bits per heavy atom. The average molecular weight is 269 g/mol. The van der Waals surface area contributed by atoms with Crippen molar-refractivity contribution in [2.24, 2.45) is 11.8 Å². The normalized spacial score (nSPS) is 22.3. The van der Waals surface area contributed by atoms with E-state index in [4.69, 9.17) is 5.11 Å². The molecule has 98 valence electrons. The summed E-state index contributed by atoms with van der Waals surface area (Å²) in [5, 5.41) is 20.7. The maximum absolute atomic E-state index is 11.8. The summed E-state index contributed by atoms with van der Waals surface area (Å²) in [6.45, 7) is 2.05. The molecule has 0 aliphatic heterocycles. The van der Waals surface area contributed by atoms with Gasteiger partial charge in [-0.05, 0) is 19.3 Å². The summed E-state index contributed by atoms with van der Waals surface area (Å²) >= 11 is 1.35. The molecular weight excluding hydrogens is 254 g/mol. The minimum absolute atomic E-state index is 0.257. The van der Waals surface area contributed by atoms with Crippen molar-refractivity contribution in [2.45, 2.75) is 32.6 Å². The first-order valence-electron chi connectivity index (χ1n) is 5.98. The third-order valence-electron chi connectivity index (χ3n) is 3.09. The van der Waals surface area contributed by atoms with Gasteiger partial charge in [0.15, 0.2) is 0 Å². The third-order valence-corrected chi connectivity index (χ3v) is 3.99. The van der Waals surface area contributed by atoms with Crippen molar-refractivity contribution in [3.05, 3.63) is 5.01 Å². The number of aryl methyl sites for hydroxylation is 1. The van der Waals surface area contributed by atoms with Crippen molar-refractivity contribution in [1.82, 2.24) is 10.2 Å². The molecule has 1 saturated carbocycles. The molecule has 1 heterocycles. The van der Waals surface area contributed by atoms with E-state index in [9.17, 15) is 9.59 Å². The number of carboxylic acid groups (broad SMARTS) is 1. The van der Waals surface area contributed by atoms with Crippen molar-refractivity contribution < 1.29 is 14.7 Å². The first-order chi connectivity index (χ1) is 8.61. The summed E-state index contributed by atoms with van der Waals surface area (Å²) in [6.07, 6.45) is 3.02. The lowest BCUT2D eigenvalue weighted by Crippen LogP contribution is -2.41. The van der Waals surface area contributed by atoms with E-state index < -0.39 is 17.8 Å². The standard InChI is InChI=1S/C11H15N3O3S/c1-2-3-8-13-14-11(18-8)12-9(15)6-4-5-7(6)10(16)17/h6-7H,2-5H2,1H3,(H,16,17)(H,12,14,15)/t6-,7-/m1/s1. The van der Waals surface area contributed by atoms with Crippen molar-refractivity contribution in [1.29, 1.82) is 0 Å². The number of hydrogen-bond acceptors (Lipinski definition) is 5. The number of nitrogens with zero attached hydrogens (tertiary/aromatic N) is 2. The summed E-state index contributed by atoms with van der Waals surface area (Å²) in [5.41, 5.74) is 0. The van der Waals surface area contributed by atoms with Gasteiger partial charge in [-0.1, -0.05) is 18.3 Å². The summed E-state index contributed by atoms with van der Waals surface area (Å²) in [5.74, 6) is -2.13. The second-order valence-electron chi connectivity index (χ2n) is 4.37. The van der Waals surface area contributed by atoms with Gasteiger partial charge in [0.25, 0.3) is 0 Å². The van der Waals surface area contributed by atoms with Crippen LogP contribution in [0.15, 0.2) is 0 Å². The second kappa shape index (κ2) is 5.43. The highest BCUT2D eigenvalue weighted by molar-refractivity contribution is 7.15. The number of carboxylic acids is 1. The zero-order chi connectivity index (χ0) is 13.1. The summed E-state index contributed by atoms with van der Waals surface area (Å²) in [7, 11) is 0. The lowest BCUT2D eigenvalue weighted by Gasteiger charge is -2.31. The Bertz CT molecular complexity index is 460. The number of carbonyl (C=O) groups excluding carboxylic acids is 1. The fourth-order valence-corrected chi connectivity index (χ4v) is 2.77. The Balaban J connectivity index is 1.92. The monoisotopic (exact) mass is 269 g/mol. The van der Waals surface area contributed by atoms with Gasteiger partial charge in [-0.15, -0.1) is 10.2 Å². The van der Waals surface area contributed by atoms with E-state index in [0.717, 1.165) is 17.8 Å². The van der Waals surface area contributed by atoms with Crippen LogP contribution in [0.3, 0.4) is 0 Å². The molecule has 0 unspecified atom stereocenters. The molecule has 0 aromatic carbocycles. The highest BCUT2D eigenvalue weighted by atomic mass is 32.1. The molecule has 1 aliphatic carbocycles. The Labute approximate surface area is 108 Å². The van der Waals surface area contributed by atoms with Crippen molar-refractivity contribution in [2.75, 3.05) is 5.32 Å². The highest BCUT2D eigenvalue weighted by Gasteiger charge is 2.41. The van der Waals surface area contributed by atoms with Crippen LogP contribution in [0.1, 0.15) is 31.2 Å². The summed E-state index contributed by atoms with van der Waals surface area (Å²) in [6, 6.07) is 0. The van der Waals surface area contributed by atoms with Crippen LogP contribution in [-0.2, 0) is 16.0 Å². The van der Waals surface area contributed by atoms with Gasteiger partial charge in [0.2, 0.25) is 11.0 Å². The number of rotatable bonds is 5. The smallest absolute Gasteiger partial charge is 0.307 e. The Morgan fingerprint density at radius 3 is 2.67 bits per heavy atom. The van der Waals surface area contributed by atoms with Crippen LogP contribution in [0.25, 0.3) is 0 Å². The summed E-state index contributed by atoms with van der Waals surface area (Å²) < 4.78 is 0. The van der Waals surface area contributed by atoms with Crippen molar-refractivity contribution >= 4 is 28.3 Å². The SMILES string of the molecule is CCCc1nnc(NC(=O)[C@@H]2CC[C@H]2C(=O)O)s1. The first kappa shape index (κ1) is 12.9. The molecule has 0 spiro atoms. The third kappa shape index (κ3) is 2.66. The molecule has 1 amide bonds. The number of aliphatic carboxylic acids is 1. The fourth-order valence-electron chi connectivity index (χ4n) is 1.93. The fraction of sp³-hybridized carbons (Fsp3) is 0.636. The minimum atomic E-state index is -0.898. The molecule has 2 rings (SSSR count). The van der Waals surface area contributed by atoms with Gasteiger partial charge in [0, 0.05) is 6.42 Å². The molecule has 1 fully saturated rings. The largest absolute Gasteiger partial charge is 0.481 e. The maximum atomic E-state index is 11.8. The Morgan fingerprint density at radius 2 is 2.11 bits per heavy atom. The Hall–Kier alpha value is -1.50. The van der Waals surface area contributed by atoms with Gasteiger partial charge in [0.05, 0.1) is 11.8 Å². The van der Waals surface area contributed by atoms with E-state index in [-0.39, 0.29) is 5.91 Å². The predicted octanol–water partition coefficient (Wildman–Crippen LogP) is 1.54. The topological polar surface area (TPSA) is 92.2 Å². The van der Waals surface area contributed by atoms with Gasteiger partial charge in [-0.2, -0.15) is 0 Å². The van der Waals surface area contributed by atoms with Gasteiger partial charge in [-0.25, -0.2) is 0 Å². The molecule has 2 N–H and O–H groups in total. The Kier molecular flexibility index (Phi) is 3.90. The van der Waals surface area contributed by atoms with E-state index in [1.54, 1.807) is 0 Å². The van der Waals surface area contributed by atoms with Crippen molar-refractivity contribution in [3.8, 4) is 0 Å². The van der Waals surface area contributed by atoms with Crippen LogP contribution in [0, 0.1) is 11.8 Å². The van der Waals surface area contributed by atoms with E-state index in [1.807, 2.05) is 6.92 Å². The van der Waals surface area contributed by atoms with E-state index in [2.05, 4.69) is 15.5 Å². The van der Waals surface area contributed by atoms with E-state index >= 15 is 0 Å². The minimum Gasteiger partial charge on any atom is -0.481 e. The number of anilines is 1. The molecule has 2 atom stereocenters. The number of nitrogens with one attached hydrogen (secondary N) is 1. The number of amides is 1. The lowest BCUT2D eigenvalue weighted by molar-refractivity contribution is -0.151. The first-order valence-corrected chi connectivity index (χ1v) is 6.79. The summed E-state index contributed by atoms with van der Waals surface area (Å²) in [4.78, 5) is 22.7. The van der Waals surface area contributed by atoms with E-state index in [0.29, 0.717) is 18.0 Å². The molecule has 0 radical (unpaired) electrons. The maximum Gasteiger partial charge on any atom is 0.307 e. The van der Waals surface area contributed by atoms with Crippen LogP contribution < -0.4 is 5.32 Å². The molecule has 1 aromatic rings. The van der Waals surface area contributed by atoms with Gasteiger partial charge < -0.3 is 10.4 Å². The zero-order valence-corrected chi connectivity index (χ0v) is 10.9. The number of aromatic nitrogens is 2. The lowest BCUT2D eigenvalue weighted by atomic mass is 9.73. The van der Waals surface area contributed by atoms with Crippen LogP contribution in [0.2, 0.25) is 0 Å². The quantitative estimate of drug-likeness (QED) is 0.845. The number of hydrogen-bond donors (Lipinski definition) is 2. The number of carbonyl (C=O) groups is 2. The molecule has 1 aromatic heterocycles.